The number of nitrogens with zero attached hydrogens (tertiary/aromatic N) is 2. The van der Waals surface area contributed by atoms with Gasteiger partial charge in [0.25, 0.3) is 0 Å². The van der Waals surface area contributed by atoms with E-state index in [2.05, 4.69) is 6.58 Å². The summed E-state index contributed by atoms with van der Waals surface area (Å²) in [6, 6.07) is 10.1. The summed E-state index contributed by atoms with van der Waals surface area (Å²) >= 11 is 0. The third-order valence-corrected chi connectivity index (χ3v) is 3.99. The van der Waals surface area contributed by atoms with E-state index in [4.69, 9.17) is 0 Å². The zero-order valence-corrected chi connectivity index (χ0v) is 11.9. The molecule has 1 aliphatic heterocycles. The quantitative estimate of drug-likeness (QED) is 0.789. The maximum atomic E-state index is 12.2. The molecule has 1 aromatic heterocycles. The highest BCUT2D eigenvalue weighted by molar-refractivity contribution is 5.88. The second-order valence-corrected chi connectivity index (χ2v) is 5.56. The number of Topliss-reactive ketones (excluding diaryl/α,β-unsaturated/α-hetero) is 1. The van der Waals surface area contributed by atoms with Gasteiger partial charge < -0.3 is 9.47 Å². The molecule has 4 heteroatoms. The second kappa shape index (κ2) is 5.56. The van der Waals surface area contributed by atoms with Crippen molar-refractivity contribution in [3.63, 3.8) is 0 Å². The molecule has 21 heavy (non-hydrogen) atoms. The van der Waals surface area contributed by atoms with Crippen LogP contribution in [0.1, 0.15) is 6.42 Å². The number of carbonyl (C=O) groups is 2. The summed E-state index contributed by atoms with van der Waals surface area (Å²) in [7, 11) is 0. The van der Waals surface area contributed by atoms with Crippen LogP contribution >= 0.6 is 0 Å². The first-order chi connectivity index (χ1) is 10.2. The van der Waals surface area contributed by atoms with E-state index in [0.29, 0.717) is 32.0 Å². The van der Waals surface area contributed by atoms with Gasteiger partial charge in [-0.15, -0.1) is 0 Å². The molecule has 4 nitrogen and oxygen atoms in total. The molecular weight excluding hydrogens is 264 g/mol. The lowest BCUT2D eigenvalue weighted by Crippen LogP contribution is -2.50. The largest absolute Gasteiger partial charge is 0.340 e. The number of carbonyl (C=O) groups excluding carboxylic acids is 2. The topological polar surface area (TPSA) is 42.3 Å². The van der Waals surface area contributed by atoms with Gasteiger partial charge in [-0.1, -0.05) is 24.8 Å². The molecule has 0 spiro atoms. The first kappa shape index (κ1) is 13.6. The summed E-state index contributed by atoms with van der Waals surface area (Å²) in [5, 5.41) is 1.15. The summed E-state index contributed by atoms with van der Waals surface area (Å²) in [5.74, 6) is 0.463. The van der Waals surface area contributed by atoms with E-state index >= 15 is 0 Å². The van der Waals surface area contributed by atoms with Crippen LogP contribution in [0.4, 0.5) is 0 Å². The molecule has 1 amide bonds. The molecule has 108 valence electrons. The van der Waals surface area contributed by atoms with Crippen LogP contribution in [-0.4, -0.2) is 34.2 Å². The van der Waals surface area contributed by atoms with E-state index in [1.165, 1.54) is 6.08 Å². The van der Waals surface area contributed by atoms with Crippen LogP contribution in [0.15, 0.2) is 49.2 Å². The van der Waals surface area contributed by atoms with Gasteiger partial charge in [-0.2, -0.15) is 0 Å². The smallest absolute Gasteiger partial charge is 0.245 e. The number of likely N-dealkylation sites (tertiary alicyclic amines) is 1. The minimum absolute atomic E-state index is 0.0462. The summed E-state index contributed by atoms with van der Waals surface area (Å²) in [6.07, 6.45) is 3.81. The minimum Gasteiger partial charge on any atom is -0.340 e. The highest BCUT2D eigenvalue weighted by Crippen LogP contribution is 2.21. The zero-order valence-electron chi connectivity index (χ0n) is 11.9. The Hall–Kier alpha value is -2.36. The average Bonchev–Trinajstić information content (AvgIpc) is 2.85. The Morgan fingerprint density at radius 3 is 2.76 bits per heavy atom. The van der Waals surface area contributed by atoms with E-state index < -0.39 is 0 Å². The lowest BCUT2D eigenvalue weighted by Gasteiger charge is -2.38. The lowest BCUT2D eigenvalue weighted by molar-refractivity contribution is -0.134. The van der Waals surface area contributed by atoms with Gasteiger partial charge >= 0.3 is 0 Å². The Labute approximate surface area is 123 Å². The van der Waals surface area contributed by atoms with E-state index in [1.54, 1.807) is 4.90 Å². The van der Waals surface area contributed by atoms with E-state index in [-0.39, 0.29) is 11.7 Å². The molecule has 0 aliphatic carbocycles. The van der Waals surface area contributed by atoms with Crippen molar-refractivity contribution in [2.24, 2.45) is 5.92 Å². The van der Waals surface area contributed by atoms with Crippen molar-refractivity contribution in [3.05, 3.63) is 49.2 Å². The standard InChI is InChI=1S/C17H18N2O2/c1-2-17(21)19-10-13(11-19)9-15(20)12-18-8-7-14-5-3-4-6-16(14)18/h2-8,13H,1,9-12H2. The number of amides is 1. The molecule has 3 rings (SSSR count). The number of fused-ring (bicyclic) bond motifs is 1. The molecule has 0 saturated carbocycles. The third kappa shape index (κ3) is 2.75. The number of rotatable bonds is 5. The Balaban J connectivity index is 1.56. The summed E-state index contributed by atoms with van der Waals surface area (Å²) in [5.41, 5.74) is 1.09. The van der Waals surface area contributed by atoms with Gasteiger partial charge in [0.1, 0.15) is 0 Å². The minimum atomic E-state index is -0.0462. The van der Waals surface area contributed by atoms with Gasteiger partial charge in [-0.25, -0.2) is 0 Å². The summed E-state index contributed by atoms with van der Waals surface area (Å²) in [6.45, 7) is 5.21. The molecule has 0 bridgehead atoms. The van der Waals surface area contributed by atoms with E-state index in [0.717, 1.165) is 10.9 Å². The Morgan fingerprint density at radius 2 is 2.00 bits per heavy atom. The first-order valence-electron chi connectivity index (χ1n) is 7.14. The maximum absolute atomic E-state index is 12.2. The fourth-order valence-corrected chi connectivity index (χ4v) is 2.86. The third-order valence-electron chi connectivity index (χ3n) is 3.99. The van der Waals surface area contributed by atoms with Crippen LogP contribution in [0.2, 0.25) is 0 Å². The number of para-hydroxylation sites is 1. The number of ketones is 1. The van der Waals surface area contributed by atoms with Crippen molar-refractivity contribution in [3.8, 4) is 0 Å². The summed E-state index contributed by atoms with van der Waals surface area (Å²) in [4.78, 5) is 25.2. The molecule has 1 aromatic carbocycles. The van der Waals surface area contributed by atoms with Crippen molar-refractivity contribution in [2.75, 3.05) is 13.1 Å². The van der Waals surface area contributed by atoms with Crippen LogP contribution in [0.5, 0.6) is 0 Å². The lowest BCUT2D eigenvalue weighted by atomic mass is 9.94. The molecule has 1 aliphatic rings. The molecule has 2 heterocycles. The Morgan fingerprint density at radius 1 is 1.24 bits per heavy atom. The van der Waals surface area contributed by atoms with Gasteiger partial charge in [0, 0.05) is 37.1 Å². The van der Waals surface area contributed by atoms with Gasteiger partial charge in [0.05, 0.1) is 6.54 Å². The molecule has 1 saturated heterocycles. The molecule has 2 aromatic rings. The van der Waals surface area contributed by atoms with E-state index in [9.17, 15) is 9.59 Å². The molecule has 0 atom stereocenters. The molecule has 0 unspecified atom stereocenters. The van der Waals surface area contributed by atoms with Crippen molar-refractivity contribution in [2.45, 2.75) is 13.0 Å². The van der Waals surface area contributed by atoms with E-state index in [1.807, 2.05) is 41.1 Å². The zero-order chi connectivity index (χ0) is 14.8. The van der Waals surface area contributed by atoms with Crippen LogP contribution in [0, 0.1) is 5.92 Å². The predicted octanol–water partition coefficient (Wildman–Crippen LogP) is 2.24. The van der Waals surface area contributed by atoms with Crippen LogP contribution in [-0.2, 0) is 16.1 Å². The molecule has 0 radical (unpaired) electrons. The predicted molar refractivity (Wildman–Crippen MR) is 81.8 cm³/mol. The number of benzene rings is 1. The Bertz CT molecular complexity index is 696. The maximum Gasteiger partial charge on any atom is 0.245 e. The number of aromatic nitrogens is 1. The van der Waals surface area contributed by atoms with Crippen LogP contribution < -0.4 is 0 Å². The molecule has 0 N–H and O–H groups in total. The SMILES string of the molecule is C=CC(=O)N1CC(CC(=O)Cn2ccc3ccccc32)C1. The highest BCUT2D eigenvalue weighted by atomic mass is 16.2. The van der Waals surface area contributed by atoms with Crippen molar-refractivity contribution in [1.82, 2.24) is 9.47 Å². The van der Waals surface area contributed by atoms with Gasteiger partial charge in [0.2, 0.25) is 5.91 Å². The monoisotopic (exact) mass is 282 g/mol. The van der Waals surface area contributed by atoms with Crippen LogP contribution in [0.25, 0.3) is 10.9 Å². The average molecular weight is 282 g/mol. The molecule has 1 fully saturated rings. The fourth-order valence-electron chi connectivity index (χ4n) is 2.86. The van der Waals surface area contributed by atoms with Gasteiger partial charge in [-0.3, -0.25) is 9.59 Å². The first-order valence-corrected chi connectivity index (χ1v) is 7.14. The Kier molecular flexibility index (Phi) is 3.60. The number of hydrogen-bond donors (Lipinski definition) is 0. The fraction of sp³-hybridized carbons (Fsp3) is 0.294. The summed E-state index contributed by atoms with van der Waals surface area (Å²) < 4.78 is 1.99. The van der Waals surface area contributed by atoms with Crippen molar-refractivity contribution >= 4 is 22.6 Å². The second-order valence-electron chi connectivity index (χ2n) is 5.56. The van der Waals surface area contributed by atoms with Gasteiger partial charge in [-0.05, 0) is 23.6 Å². The van der Waals surface area contributed by atoms with Crippen molar-refractivity contribution < 1.29 is 9.59 Å². The number of hydrogen-bond acceptors (Lipinski definition) is 2. The van der Waals surface area contributed by atoms with Gasteiger partial charge in [0.15, 0.2) is 5.78 Å². The van der Waals surface area contributed by atoms with Crippen LogP contribution in [0.3, 0.4) is 0 Å². The van der Waals surface area contributed by atoms with Crippen molar-refractivity contribution in [1.29, 1.82) is 0 Å². The highest BCUT2D eigenvalue weighted by Gasteiger charge is 2.30. The normalized spacial score (nSPS) is 15.0. The molecular formula is C17H18N2O2.